The lowest BCUT2D eigenvalue weighted by Crippen LogP contribution is -2.44. The highest BCUT2D eigenvalue weighted by Gasteiger charge is 2.18. The summed E-state index contributed by atoms with van der Waals surface area (Å²) in [6.45, 7) is 7.13. The van der Waals surface area contributed by atoms with E-state index in [-0.39, 0.29) is 29.4 Å². The Morgan fingerprint density at radius 3 is 2.65 bits per heavy atom. The van der Waals surface area contributed by atoms with Gasteiger partial charge in [0.1, 0.15) is 11.6 Å². The summed E-state index contributed by atoms with van der Waals surface area (Å²) in [6, 6.07) is 4.15. The first-order chi connectivity index (χ1) is 9.25. The van der Waals surface area contributed by atoms with E-state index < -0.39 is 11.9 Å². The number of aliphatic hydroxyl groups is 1. The van der Waals surface area contributed by atoms with Crippen molar-refractivity contribution in [2.75, 3.05) is 6.61 Å². The minimum atomic E-state index is -0.877. The third-order valence-corrected chi connectivity index (χ3v) is 3.15. The topological polar surface area (TPSA) is 58.6 Å². The summed E-state index contributed by atoms with van der Waals surface area (Å²) < 4.78 is 18.9. The molecule has 1 aromatic rings. The van der Waals surface area contributed by atoms with Gasteiger partial charge in [-0.05, 0) is 39.3 Å². The molecule has 0 unspecified atom stereocenters. The molecule has 0 saturated carbocycles. The van der Waals surface area contributed by atoms with Gasteiger partial charge in [0.15, 0.2) is 6.61 Å². The van der Waals surface area contributed by atoms with E-state index in [1.54, 1.807) is 0 Å². The number of carbonyl (C=O) groups excluding carboxylic acids is 1. The second-order valence-corrected chi connectivity index (χ2v) is 5.43. The molecule has 0 aliphatic heterocycles. The zero-order chi connectivity index (χ0) is 15.3. The van der Waals surface area contributed by atoms with Crippen molar-refractivity contribution in [3.63, 3.8) is 0 Å². The molecule has 0 aromatic heterocycles. The van der Waals surface area contributed by atoms with E-state index in [9.17, 15) is 14.3 Å². The molecule has 0 aliphatic rings. The molecule has 4 nitrogen and oxygen atoms in total. The highest BCUT2D eigenvalue weighted by Crippen LogP contribution is 2.21. The summed E-state index contributed by atoms with van der Waals surface area (Å²) in [4.78, 5) is 11.7. The van der Waals surface area contributed by atoms with Gasteiger partial charge in [0.25, 0.3) is 5.91 Å². The van der Waals surface area contributed by atoms with Crippen LogP contribution in [-0.4, -0.2) is 23.2 Å². The number of nitrogens with one attached hydrogen (secondary N) is 1. The first kappa shape index (κ1) is 16.4. The Bertz CT molecular complexity index is 472. The molecule has 1 rings (SSSR count). The standard InChI is InChI=1S/C15H22FNO3/c1-5-15(3,4)17-14(19)9-20-11-6-7-12(10(2)18)13(16)8-11/h6-8,10,18H,5,9H2,1-4H3,(H,17,19)/t10-/m1/s1. The van der Waals surface area contributed by atoms with E-state index in [4.69, 9.17) is 4.74 Å². The summed E-state index contributed by atoms with van der Waals surface area (Å²) >= 11 is 0. The van der Waals surface area contributed by atoms with Crippen LogP contribution in [0.15, 0.2) is 18.2 Å². The maximum atomic E-state index is 13.6. The number of carbonyl (C=O) groups is 1. The number of amides is 1. The average molecular weight is 283 g/mol. The van der Waals surface area contributed by atoms with Crippen LogP contribution in [0.2, 0.25) is 0 Å². The van der Waals surface area contributed by atoms with Crippen molar-refractivity contribution in [2.24, 2.45) is 0 Å². The van der Waals surface area contributed by atoms with Crippen molar-refractivity contribution in [3.05, 3.63) is 29.6 Å². The first-order valence-electron chi connectivity index (χ1n) is 6.66. The fourth-order valence-corrected chi connectivity index (χ4v) is 1.59. The van der Waals surface area contributed by atoms with E-state index in [1.807, 2.05) is 20.8 Å². The Hall–Kier alpha value is -1.62. The maximum Gasteiger partial charge on any atom is 0.258 e. The van der Waals surface area contributed by atoms with Gasteiger partial charge in [0, 0.05) is 17.2 Å². The number of halogens is 1. The lowest BCUT2D eigenvalue weighted by molar-refractivity contribution is -0.124. The largest absolute Gasteiger partial charge is 0.484 e. The maximum absolute atomic E-state index is 13.6. The third kappa shape index (κ3) is 4.81. The van der Waals surface area contributed by atoms with Crippen molar-refractivity contribution in [3.8, 4) is 5.75 Å². The molecular formula is C15H22FNO3. The molecule has 0 radical (unpaired) electrons. The monoisotopic (exact) mass is 283 g/mol. The van der Waals surface area contributed by atoms with E-state index in [2.05, 4.69) is 5.32 Å². The molecule has 2 N–H and O–H groups in total. The summed E-state index contributed by atoms with van der Waals surface area (Å²) in [6.07, 6.45) is -0.0751. The van der Waals surface area contributed by atoms with E-state index >= 15 is 0 Å². The normalized spacial score (nSPS) is 12.9. The van der Waals surface area contributed by atoms with Gasteiger partial charge >= 0.3 is 0 Å². The molecule has 0 fully saturated rings. The van der Waals surface area contributed by atoms with Crippen LogP contribution in [-0.2, 0) is 4.79 Å². The Morgan fingerprint density at radius 2 is 2.15 bits per heavy atom. The number of ether oxygens (including phenoxy) is 1. The predicted molar refractivity (Wildman–Crippen MR) is 75.0 cm³/mol. The van der Waals surface area contributed by atoms with Gasteiger partial charge in [0.2, 0.25) is 0 Å². The van der Waals surface area contributed by atoms with Crippen molar-refractivity contribution in [1.29, 1.82) is 0 Å². The Kier molecular flexibility index (Phi) is 5.51. The molecule has 1 amide bonds. The zero-order valence-corrected chi connectivity index (χ0v) is 12.4. The van der Waals surface area contributed by atoms with Crippen molar-refractivity contribution < 1.29 is 19.0 Å². The molecule has 1 atom stereocenters. The van der Waals surface area contributed by atoms with Crippen LogP contribution in [0.3, 0.4) is 0 Å². The number of aliphatic hydroxyl groups excluding tert-OH is 1. The van der Waals surface area contributed by atoms with Gasteiger partial charge in [-0.15, -0.1) is 0 Å². The summed E-state index contributed by atoms with van der Waals surface area (Å²) in [7, 11) is 0. The smallest absolute Gasteiger partial charge is 0.258 e. The lowest BCUT2D eigenvalue weighted by atomic mass is 10.0. The van der Waals surface area contributed by atoms with Gasteiger partial charge in [-0.1, -0.05) is 6.92 Å². The Morgan fingerprint density at radius 1 is 1.50 bits per heavy atom. The molecule has 1 aromatic carbocycles. The molecule has 5 heteroatoms. The van der Waals surface area contributed by atoms with Crippen LogP contribution in [0.1, 0.15) is 45.8 Å². The number of rotatable bonds is 6. The quantitative estimate of drug-likeness (QED) is 0.843. The Labute approximate surface area is 119 Å². The summed E-state index contributed by atoms with van der Waals surface area (Å²) in [5, 5.41) is 12.1. The van der Waals surface area contributed by atoms with E-state index in [0.717, 1.165) is 6.42 Å². The zero-order valence-electron chi connectivity index (χ0n) is 12.4. The van der Waals surface area contributed by atoms with Crippen LogP contribution in [0, 0.1) is 5.82 Å². The minimum Gasteiger partial charge on any atom is -0.484 e. The second kappa shape index (κ2) is 6.70. The summed E-state index contributed by atoms with van der Waals surface area (Å²) in [5.41, 5.74) is -0.0871. The number of hydrogen-bond donors (Lipinski definition) is 2. The van der Waals surface area contributed by atoms with Gasteiger partial charge in [0.05, 0.1) is 6.10 Å². The molecule has 0 saturated heterocycles. The average Bonchev–Trinajstić information content (AvgIpc) is 2.35. The molecule has 0 spiro atoms. The van der Waals surface area contributed by atoms with Crippen LogP contribution in [0.25, 0.3) is 0 Å². The van der Waals surface area contributed by atoms with Gasteiger partial charge in [-0.2, -0.15) is 0 Å². The Balaban J connectivity index is 2.58. The van der Waals surface area contributed by atoms with E-state index in [1.165, 1.54) is 25.1 Å². The fraction of sp³-hybridized carbons (Fsp3) is 0.533. The lowest BCUT2D eigenvalue weighted by Gasteiger charge is -2.24. The molecule has 0 bridgehead atoms. The summed E-state index contributed by atoms with van der Waals surface area (Å²) in [5.74, 6) is -0.542. The van der Waals surface area contributed by atoms with Crippen molar-refractivity contribution in [1.82, 2.24) is 5.32 Å². The van der Waals surface area contributed by atoms with Crippen molar-refractivity contribution >= 4 is 5.91 Å². The fourth-order valence-electron chi connectivity index (χ4n) is 1.59. The van der Waals surface area contributed by atoms with Gasteiger partial charge in [-0.3, -0.25) is 4.79 Å². The van der Waals surface area contributed by atoms with E-state index in [0.29, 0.717) is 0 Å². The highest BCUT2D eigenvalue weighted by atomic mass is 19.1. The molecule has 0 aliphatic carbocycles. The predicted octanol–water partition coefficient (Wildman–Crippen LogP) is 2.56. The molecular weight excluding hydrogens is 261 g/mol. The SMILES string of the molecule is CCC(C)(C)NC(=O)COc1ccc([C@@H](C)O)c(F)c1. The molecule has 20 heavy (non-hydrogen) atoms. The third-order valence-electron chi connectivity index (χ3n) is 3.15. The second-order valence-electron chi connectivity index (χ2n) is 5.43. The van der Waals surface area contributed by atoms with Crippen molar-refractivity contribution in [2.45, 2.75) is 45.8 Å². The highest BCUT2D eigenvalue weighted by molar-refractivity contribution is 5.78. The number of benzene rings is 1. The van der Waals surface area contributed by atoms with Crippen LogP contribution in [0.4, 0.5) is 4.39 Å². The minimum absolute atomic E-state index is 0.170. The first-order valence-corrected chi connectivity index (χ1v) is 6.66. The van der Waals surface area contributed by atoms with Gasteiger partial charge < -0.3 is 15.2 Å². The number of hydrogen-bond acceptors (Lipinski definition) is 3. The van der Waals surface area contributed by atoms with Crippen LogP contribution >= 0.6 is 0 Å². The van der Waals surface area contributed by atoms with Crippen LogP contribution in [0.5, 0.6) is 5.75 Å². The molecule has 112 valence electrons. The molecule has 0 heterocycles. The van der Waals surface area contributed by atoms with Gasteiger partial charge in [-0.25, -0.2) is 4.39 Å². The van der Waals surface area contributed by atoms with Crippen LogP contribution < -0.4 is 10.1 Å².